The minimum Gasteiger partial charge on any atom is -0.341 e. The van der Waals surface area contributed by atoms with Gasteiger partial charge in [0.25, 0.3) is 0 Å². The second-order valence-corrected chi connectivity index (χ2v) is 6.31. The lowest BCUT2D eigenvalue weighted by molar-refractivity contribution is -0.134. The molecule has 1 heterocycles. The molecule has 1 aromatic rings. The summed E-state index contributed by atoms with van der Waals surface area (Å²) in [6.07, 6.45) is 1.03. The van der Waals surface area contributed by atoms with Gasteiger partial charge in [-0.3, -0.25) is 4.79 Å². The van der Waals surface area contributed by atoms with Crippen molar-refractivity contribution in [1.29, 1.82) is 0 Å². The summed E-state index contributed by atoms with van der Waals surface area (Å²) < 4.78 is 0. The van der Waals surface area contributed by atoms with Crippen LogP contribution in [0.5, 0.6) is 0 Å². The van der Waals surface area contributed by atoms with Gasteiger partial charge in [0.05, 0.1) is 5.92 Å². The van der Waals surface area contributed by atoms with Crippen LogP contribution in [0.25, 0.3) is 0 Å². The standard InChI is InChI=1S/C16H23ClN2O.ClH/c1-11(2)15(12-5-4-6-13(17)9-12)16(20)19(3)14-7-8-18-10-14;/h4-6,9,11,14-15,18H,7-8,10H2,1-3H3;1H. The van der Waals surface area contributed by atoms with Crippen LogP contribution in [0, 0.1) is 5.92 Å². The molecule has 1 aromatic carbocycles. The van der Waals surface area contributed by atoms with Crippen LogP contribution in [0.4, 0.5) is 0 Å². The summed E-state index contributed by atoms with van der Waals surface area (Å²) in [5.41, 5.74) is 1.01. The highest BCUT2D eigenvalue weighted by Crippen LogP contribution is 2.29. The van der Waals surface area contributed by atoms with E-state index in [-0.39, 0.29) is 30.2 Å². The largest absolute Gasteiger partial charge is 0.341 e. The zero-order valence-corrected chi connectivity index (χ0v) is 14.4. The van der Waals surface area contributed by atoms with Crippen molar-refractivity contribution in [2.45, 2.75) is 32.2 Å². The Morgan fingerprint density at radius 2 is 2.14 bits per heavy atom. The number of nitrogens with zero attached hydrogens (tertiary/aromatic N) is 1. The zero-order chi connectivity index (χ0) is 14.7. The number of rotatable bonds is 4. The van der Waals surface area contributed by atoms with E-state index in [0.717, 1.165) is 25.1 Å². The smallest absolute Gasteiger partial charge is 0.230 e. The van der Waals surface area contributed by atoms with Gasteiger partial charge in [0, 0.05) is 24.7 Å². The van der Waals surface area contributed by atoms with Crippen molar-refractivity contribution in [3.8, 4) is 0 Å². The Labute approximate surface area is 138 Å². The van der Waals surface area contributed by atoms with Crippen LogP contribution < -0.4 is 5.32 Å². The van der Waals surface area contributed by atoms with Crippen molar-refractivity contribution in [1.82, 2.24) is 10.2 Å². The minimum absolute atomic E-state index is 0. The first-order valence-electron chi connectivity index (χ1n) is 7.23. The van der Waals surface area contributed by atoms with Gasteiger partial charge in [0.15, 0.2) is 0 Å². The van der Waals surface area contributed by atoms with Gasteiger partial charge in [-0.15, -0.1) is 12.4 Å². The Morgan fingerprint density at radius 3 is 2.67 bits per heavy atom. The van der Waals surface area contributed by atoms with Crippen LogP contribution in [0.2, 0.25) is 5.02 Å². The van der Waals surface area contributed by atoms with Gasteiger partial charge >= 0.3 is 0 Å². The summed E-state index contributed by atoms with van der Waals surface area (Å²) >= 11 is 6.07. The maximum absolute atomic E-state index is 12.8. The van der Waals surface area contributed by atoms with Crippen molar-refractivity contribution in [3.05, 3.63) is 34.9 Å². The van der Waals surface area contributed by atoms with Gasteiger partial charge in [-0.1, -0.05) is 37.6 Å². The third-order valence-electron chi connectivity index (χ3n) is 4.07. The Balaban J connectivity index is 0.00000220. The van der Waals surface area contributed by atoms with Gasteiger partial charge in [0.1, 0.15) is 0 Å². The highest BCUT2D eigenvalue weighted by atomic mass is 35.5. The fraction of sp³-hybridized carbons (Fsp3) is 0.562. The van der Waals surface area contributed by atoms with Gasteiger partial charge in [-0.25, -0.2) is 0 Å². The zero-order valence-electron chi connectivity index (χ0n) is 12.8. The van der Waals surface area contributed by atoms with Crippen molar-refractivity contribution in [2.24, 2.45) is 5.92 Å². The van der Waals surface area contributed by atoms with Crippen LogP contribution >= 0.6 is 24.0 Å². The maximum atomic E-state index is 12.8. The molecule has 1 saturated heterocycles. The predicted molar refractivity (Wildman–Crippen MR) is 90.3 cm³/mol. The molecule has 1 aliphatic heterocycles. The van der Waals surface area contributed by atoms with Crippen LogP contribution in [0.15, 0.2) is 24.3 Å². The lowest BCUT2D eigenvalue weighted by Gasteiger charge is -2.30. The van der Waals surface area contributed by atoms with Crippen LogP contribution in [-0.2, 0) is 4.79 Å². The van der Waals surface area contributed by atoms with Crippen LogP contribution in [-0.4, -0.2) is 37.0 Å². The predicted octanol–water partition coefficient (Wildman–Crippen LogP) is 3.32. The molecule has 2 atom stereocenters. The Morgan fingerprint density at radius 1 is 1.43 bits per heavy atom. The molecule has 1 N–H and O–H groups in total. The third kappa shape index (κ3) is 4.35. The molecular formula is C16H24Cl2N2O. The normalized spacial score (nSPS) is 19.2. The van der Waals surface area contributed by atoms with E-state index >= 15 is 0 Å². The van der Waals surface area contributed by atoms with Gasteiger partial charge in [0.2, 0.25) is 5.91 Å². The van der Waals surface area contributed by atoms with Crippen molar-refractivity contribution < 1.29 is 4.79 Å². The number of hydrogen-bond acceptors (Lipinski definition) is 2. The van der Waals surface area contributed by atoms with Crippen molar-refractivity contribution in [3.63, 3.8) is 0 Å². The number of hydrogen-bond donors (Lipinski definition) is 1. The molecular weight excluding hydrogens is 307 g/mol. The topological polar surface area (TPSA) is 32.3 Å². The number of nitrogens with one attached hydrogen (secondary N) is 1. The van der Waals surface area contributed by atoms with Crippen molar-refractivity contribution >= 4 is 29.9 Å². The summed E-state index contributed by atoms with van der Waals surface area (Å²) in [6, 6.07) is 7.97. The summed E-state index contributed by atoms with van der Waals surface area (Å²) in [6.45, 7) is 6.06. The minimum atomic E-state index is -0.126. The van der Waals surface area contributed by atoms with E-state index in [9.17, 15) is 4.79 Å². The Kier molecular flexibility index (Phi) is 6.98. The molecule has 118 valence electrons. The molecule has 1 fully saturated rings. The first-order valence-corrected chi connectivity index (χ1v) is 7.61. The summed E-state index contributed by atoms with van der Waals surface area (Å²) in [5.74, 6) is 0.313. The fourth-order valence-corrected chi connectivity index (χ4v) is 3.08. The van der Waals surface area contributed by atoms with E-state index < -0.39 is 0 Å². The van der Waals surface area contributed by atoms with E-state index in [1.165, 1.54) is 0 Å². The number of carbonyl (C=O) groups excluding carboxylic acids is 1. The Bertz CT molecular complexity index is 473. The molecule has 1 amide bonds. The average molecular weight is 331 g/mol. The van der Waals surface area contributed by atoms with E-state index in [4.69, 9.17) is 11.6 Å². The molecule has 2 unspecified atom stereocenters. The van der Waals surface area contributed by atoms with Crippen molar-refractivity contribution in [2.75, 3.05) is 20.1 Å². The number of benzene rings is 1. The quantitative estimate of drug-likeness (QED) is 0.918. The molecule has 3 nitrogen and oxygen atoms in total. The molecule has 0 aliphatic carbocycles. The lowest BCUT2D eigenvalue weighted by atomic mass is 9.87. The van der Waals surface area contributed by atoms with E-state index in [1.807, 2.05) is 36.2 Å². The van der Waals surface area contributed by atoms with Crippen LogP contribution in [0.3, 0.4) is 0 Å². The van der Waals surface area contributed by atoms with E-state index in [0.29, 0.717) is 11.1 Å². The molecule has 0 radical (unpaired) electrons. The summed E-state index contributed by atoms with van der Waals surface area (Å²) in [7, 11) is 1.92. The molecule has 0 aromatic heterocycles. The van der Waals surface area contributed by atoms with Gasteiger partial charge in [-0.05, 0) is 36.6 Å². The molecule has 5 heteroatoms. The average Bonchev–Trinajstić information content (AvgIpc) is 2.91. The van der Waals surface area contributed by atoms with Crippen LogP contribution in [0.1, 0.15) is 31.7 Å². The molecule has 0 saturated carbocycles. The second-order valence-electron chi connectivity index (χ2n) is 5.87. The highest BCUT2D eigenvalue weighted by molar-refractivity contribution is 6.30. The molecule has 21 heavy (non-hydrogen) atoms. The SMILES string of the molecule is CC(C)C(C(=O)N(C)C1CCNC1)c1cccc(Cl)c1.Cl. The van der Waals surface area contributed by atoms with E-state index in [2.05, 4.69) is 19.2 Å². The number of carbonyl (C=O) groups is 1. The molecule has 2 rings (SSSR count). The van der Waals surface area contributed by atoms with E-state index in [1.54, 1.807) is 0 Å². The van der Waals surface area contributed by atoms with Gasteiger partial charge in [-0.2, -0.15) is 0 Å². The summed E-state index contributed by atoms with van der Waals surface area (Å²) in [4.78, 5) is 14.7. The summed E-state index contributed by atoms with van der Waals surface area (Å²) in [5, 5.41) is 4.00. The number of likely N-dealkylation sites (N-methyl/N-ethyl adjacent to an activating group) is 1. The molecule has 1 aliphatic rings. The first-order chi connectivity index (χ1) is 9.50. The monoisotopic (exact) mass is 330 g/mol. The second kappa shape index (κ2) is 8.02. The Hall–Kier alpha value is -0.770. The number of halogens is 2. The maximum Gasteiger partial charge on any atom is 0.230 e. The lowest BCUT2D eigenvalue weighted by Crippen LogP contribution is -2.42. The first kappa shape index (κ1) is 18.3. The molecule has 0 spiro atoms. The number of amides is 1. The highest BCUT2D eigenvalue weighted by Gasteiger charge is 2.31. The van der Waals surface area contributed by atoms with Gasteiger partial charge < -0.3 is 10.2 Å². The molecule has 0 bridgehead atoms. The fourth-order valence-electron chi connectivity index (χ4n) is 2.88. The third-order valence-corrected chi connectivity index (χ3v) is 4.31.